The minimum absolute atomic E-state index is 0.261. The van der Waals surface area contributed by atoms with Crippen LogP contribution in [0.5, 0.6) is 0 Å². The van der Waals surface area contributed by atoms with Gasteiger partial charge in [0.1, 0.15) is 16.5 Å². The van der Waals surface area contributed by atoms with E-state index in [2.05, 4.69) is 0 Å². The van der Waals surface area contributed by atoms with Gasteiger partial charge in [0.15, 0.2) is 15.6 Å². The Labute approximate surface area is 121 Å². The van der Waals surface area contributed by atoms with Crippen LogP contribution in [-0.4, -0.2) is 20.0 Å². The van der Waals surface area contributed by atoms with Crippen molar-refractivity contribution in [3.8, 4) is 0 Å². The molecule has 0 aliphatic rings. The Hall–Kier alpha value is -2.08. The molecule has 110 valence electrons. The number of rotatable bonds is 5. The summed E-state index contributed by atoms with van der Waals surface area (Å²) in [4.78, 5) is 11.3. The molecule has 0 N–H and O–H groups in total. The van der Waals surface area contributed by atoms with Crippen molar-refractivity contribution in [2.75, 3.05) is 5.75 Å². The Balaban J connectivity index is 2.13. The second-order valence-corrected chi connectivity index (χ2v) is 6.51. The first-order valence-electron chi connectivity index (χ1n) is 6.16. The van der Waals surface area contributed by atoms with E-state index < -0.39 is 32.1 Å². The molecule has 0 aromatic heterocycles. The lowest BCUT2D eigenvalue weighted by atomic mass is 10.1. The van der Waals surface area contributed by atoms with Gasteiger partial charge in [-0.2, -0.15) is 0 Å². The zero-order valence-electron chi connectivity index (χ0n) is 10.9. The van der Waals surface area contributed by atoms with Crippen LogP contribution >= 0.6 is 0 Å². The molecule has 0 saturated carbocycles. The zero-order valence-corrected chi connectivity index (χ0v) is 11.7. The summed E-state index contributed by atoms with van der Waals surface area (Å²) in [6.07, 6.45) is -0.261. The van der Waals surface area contributed by atoms with E-state index in [1.165, 1.54) is 0 Å². The predicted molar refractivity (Wildman–Crippen MR) is 73.8 cm³/mol. The van der Waals surface area contributed by atoms with Gasteiger partial charge in [-0.3, -0.25) is 4.79 Å². The number of ketones is 1. The Morgan fingerprint density at radius 2 is 1.67 bits per heavy atom. The summed E-state index contributed by atoms with van der Waals surface area (Å²) in [5.74, 6) is -2.88. The third-order valence-electron chi connectivity index (χ3n) is 2.92. The van der Waals surface area contributed by atoms with Crippen molar-refractivity contribution in [2.24, 2.45) is 0 Å². The van der Waals surface area contributed by atoms with Crippen LogP contribution in [0.25, 0.3) is 0 Å². The molecule has 0 aliphatic carbocycles. The first-order valence-corrected chi connectivity index (χ1v) is 7.81. The van der Waals surface area contributed by atoms with Gasteiger partial charge < -0.3 is 0 Å². The molecular formula is C15H12F2O3S. The van der Waals surface area contributed by atoms with E-state index in [1.54, 1.807) is 30.3 Å². The van der Waals surface area contributed by atoms with Crippen LogP contribution in [0.15, 0.2) is 53.4 Å². The highest BCUT2D eigenvalue weighted by Gasteiger charge is 2.21. The smallest absolute Gasteiger partial charge is 0.181 e. The van der Waals surface area contributed by atoms with Gasteiger partial charge in [-0.1, -0.05) is 30.3 Å². The van der Waals surface area contributed by atoms with Crippen LogP contribution < -0.4 is 0 Å². The number of halogens is 2. The maximum absolute atomic E-state index is 13.5. The molecule has 0 saturated heterocycles. The zero-order chi connectivity index (χ0) is 15.5. The average molecular weight is 310 g/mol. The fourth-order valence-corrected chi connectivity index (χ4v) is 3.14. The molecule has 2 aromatic rings. The summed E-state index contributed by atoms with van der Waals surface area (Å²) in [6.45, 7) is 0. The van der Waals surface area contributed by atoms with Gasteiger partial charge in [-0.15, -0.1) is 0 Å². The predicted octanol–water partition coefficient (Wildman–Crippen LogP) is 3.01. The number of carbonyl (C=O) groups is 1. The monoisotopic (exact) mass is 310 g/mol. The molecule has 0 unspecified atom stereocenters. The minimum Gasteiger partial charge on any atom is -0.294 e. The standard InChI is InChI=1S/C15H12F2O3S/c16-12-6-7-15(13(17)10-12)21(19,20)9-8-14(18)11-4-2-1-3-5-11/h1-7,10H,8-9H2. The first-order chi connectivity index (χ1) is 9.90. The molecule has 0 fully saturated rings. The number of hydrogen-bond donors (Lipinski definition) is 0. The van der Waals surface area contributed by atoms with E-state index in [0.29, 0.717) is 11.6 Å². The van der Waals surface area contributed by atoms with E-state index in [0.717, 1.165) is 12.1 Å². The van der Waals surface area contributed by atoms with Gasteiger partial charge in [-0.25, -0.2) is 17.2 Å². The number of benzene rings is 2. The van der Waals surface area contributed by atoms with Crippen molar-refractivity contribution in [1.29, 1.82) is 0 Å². The van der Waals surface area contributed by atoms with Gasteiger partial charge in [0.2, 0.25) is 0 Å². The van der Waals surface area contributed by atoms with Crippen molar-refractivity contribution in [1.82, 2.24) is 0 Å². The minimum atomic E-state index is -3.97. The van der Waals surface area contributed by atoms with Crippen molar-refractivity contribution < 1.29 is 22.0 Å². The van der Waals surface area contributed by atoms with Gasteiger partial charge in [0.25, 0.3) is 0 Å². The lowest BCUT2D eigenvalue weighted by molar-refractivity contribution is 0.0988. The third kappa shape index (κ3) is 3.72. The van der Waals surface area contributed by atoms with Gasteiger partial charge >= 0.3 is 0 Å². The van der Waals surface area contributed by atoms with E-state index in [9.17, 15) is 22.0 Å². The van der Waals surface area contributed by atoms with Crippen molar-refractivity contribution >= 4 is 15.6 Å². The lowest BCUT2D eigenvalue weighted by Gasteiger charge is -2.05. The highest BCUT2D eigenvalue weighted by atomic mass is 32.2. The fraction of sp³-hybridized carbons (Fsp3) is 0.133. The number of sulfone groups is 1. The maximum Gasteiger partial charge on any atom is 0.181 e. The Morgan fingerprint density at radius 1 is 1.00 bits per heavy atom. The molecule has 0 atom stereocenters. The van der Waals surface area contributed by atoms with Crippen molar-refractivity contribution in [3.05, 3.63) is 65.7 Å². The topological polar surface area (TPSA) is 51.2 Å². The lowest BCUT2D eigenvalue weighted by Crippen LogP contribution is -2.13. The van der Waals surface area contributed by atoms with Crippen LogP contribution in [0.2, 0.25) is 0 Å². The van der Waals surface area contributed by atoms with E-state index in [-0.39, 0.29) is 12.2 Å². The Bertz CT molecular complexity index is 756. The summed E-state index contributed by atoms with van der Waals surface area (Å²) < 4.78 is 50.2. The summed E-state index contributed by atoms with van der Waals surface area (Å²) in [6, 6.07) is 10.5. The van der Waals surface area contributed by atoms with Crippen LogP contribution in [0.1, 0.15) is 16.8 Å². The molecule has 3 nitrogen and oxygen atoms in total. The maximum atomic E-state index is 13.5. The molecular weight excluding hydrogens is 298 g/mol. The molecule has 6 heteroatoms. The van der Waals surface area contributed by atoms with Gasteiger partial charge in [0, 0.05) is 18.1 Å². The van der Waals surface area contributed by atoms with Crippen LogP contribution in [0.3, 0.4) is 0 Å². The molecule has 0 bridgehead atoms. The van der Waals surface area contributed by atoms with Crippen LogP contribution in [-0.2, 0) is 9.84 Å². The first kappa shape index (κ1) is 15.3. The Kier molecular flexibility index (Phi) is 4.47. The molecule has 0 aliphatic heterocycles. The second-order valence-electron chi connectivity index (χ2n) is 4.43. The quantitative estimate of drug-likeness (QED) is 0.630. The Morgan fingerprint density at radius 3 is 2.29 bits per heavy atom. The normalized spacial score (nSPS) is 11.3. The van der Waals surface area contributed by atoms with Gasteiger partial charge in [0.05, 0.1) is 5.75 Å². The average Bonchev–Trinajstić information content (AvgIpc) is 2.45. The molecule has 2 rings (SSSR count). The molecule has 0 amide bonds. The third-order valence-corrected chi connectivity index (χ3v) is 4.67. The van der Waals surface area contributed by atoms with E-state index in [1.807, 2.05) is 0 Å². The SMILES string of the molecule is O=C(CCS(=O)(=O)c1ccc(F)cc1F)c1ccccc1. The summed E-state index contributed by atoms with van der Waals surface area (Å²) in [5, 5.41) is 0. The molecule has 2 aromatic carbocycles. The summed E-state index contributed by atoms with van der Waals surface area (Å²) >= 11 is 0. The highest BCUT2D eigenvalue weighted by Crippen LogP contribution is 2.18. The molecule has 0 heterocycles. The van der Waals surface area contributed by atoms with Crippen molar-refractivity contribution in [3.63, 3.8) is 0 Å². The summed E-state index contributed by atoms with van der Waals surface area (Å²) in [7, 11) is -3.97. The molecule has 0 spiro atoms. The fourth-order valence-electron chi connectivity index (χ4n) is 1.83. The van der Waals surface area contributed by atoms with E-state index in [4.69, 9.17) is 0 Å². The molecule has 21 heavy (non-hydrogen) atoms. The number of carbonyl (C=O) groups excluding carboxylic acids is 1. The number of Topliss-reactive ketones (excluding diaryl/α,β-unsaturated/α-hetero) is 1. The summed E-state index contributed by atoms with van der Waals surface area (Å²) in [5.41, 5.74) is 0.396. The largest absolute Gasteiger partial charge is 0.294 e. The number of hydrogen-bond acceptors (Lipinski definition) is 3. The second kappa shape index (κ2) is 6.13. The molecule has 0 radical (unpaired) electrons. The van der Waals surface area contributed by atoms with E-state index >= 15 is 0 Å². The van der Waals surface area contributed by atoms with Gasteiger partial charge in [-0.05, 0) is 12.1 Å². The van der Waals surface area contributed by atoms with Crippen molar-refractivity contribution in [2.45, 2.75) is 11.3 Å². The van der Waals surface area contributed by atoms with Crippen LogP contribution in [0, 0.1) is 11.6 Å². The van der Waals surface area contributed by atoms with Crippen LogP contribution in [0.4, 0.5) is 8.78 Å². The highest BCUT2D eigenvalue weighted by molar-refractivity contribution is 7.91.